The Hall–Kier alpha value is -6.30. The number of rotatable bonds is 11. The standard InChI is InChI=1S/C53H63N9O8S/c1-26(2)45(58-52(65)69-5)50(63)61-19-7-9-38(61)48-55-25-37(57-48)34-17-16-33(41-28-11-12-29(21-28)42(34)41)35-24-54-47(44-31-14-13-30(22-31)43(35)44)32-15-18-40-36(23-32)56-49(60-71(40,67)68)39-10-8-20-62(39)51(64)46(27(3)4)59-53(66)70-6/h15-18,23-31,38-39,45-46H,7-14,19-22H2,1-6H3,(H,55,57)(H,56,60)(H,58,65)(H,59,66). The van der Waals surface area contributed by atoms with Gasteiger partial charge in [-0.2, -0.15) is 8.42 Å². The number of aromatic amines is 1. The quantitative estimate of drug-likeness (QED) is 0.112. The zero-order valence-corrected chi connectivity index (χ0v) is 42.0. The van der Waals surface area contributed by atoms with E-state index >= 15 is 0 Å². The van der Waals surface area contributed by atoms with E-state index < -0.39 is 40.3 Å². The Labute approximate surface area is 414 Å². The summed E-state index contributed by atoms with van der Waals surface area (Å²) in [7, 11) is -1.56. The first-order valence-electron chi connectivity index (χ1n) is 25.5. The van der Waals surface area contributed by atoms with Crippen LogP contribution in [0, 0.1) is 11.8 Å². The van der Waals surface area contributed by atoms with Crippen LogP contribution in [0.3, 0.4) is 0 Å². The fraction of sp³-hybridized carbons (Fsp3) is 0.528. The lowest BCUT2D eigenvalue weighted by Gasteiger charge is -2.32. The molecule has 11 rings (SSSR count). The lowest BCUT2D eigenvalue weighted by atomic mass is 9.79. The monoisotopic (exact) mass is 985 g/mol. The number of H-pyrrole nitrogens is 1. The van der Waals surface area contributed by atoms with Crippen molar-refractivity contribution >= 4 is 45.5 Å². The summed E-state index contributed by atoms with van der Waals surface area (Å²) in [5.74, 6) is 1.73. The van der Waals surface area contributed by atoms with E-state index in [1.807, 2.05) is 50.9 Å². The molecular weight excluding hydrogens is 923 g/mol. The minimum absolute atomic E-state index is 0.0694. The molecule has 4 amide bonds. The summed E-state index contributed by atoms with van der Waals surface area (Å²) in [4.78, 5) is 69.7. The van der Waals surface area contributed by atoms with E-state index in [0.717, 1.165) is 79.7 Å². The van der Waals surface area contributed by atoms with Crippen LogP contribution in [0.4, 0.5) is 15.3 Å². The van der Waals surface area contributed by atoms with Crippen LogP contribution in [0.5, 0.6) is 0 Å². The zero-order chi connectivity index (χ0) is 49.6. The van der Waals surface area contributed by atoms with E-state index in [2.05, 4.69) is 43.7 Å². The average molecular weight is 986 g/mol. The number of benzene rings is 2. The average Bonchev–Trinajstić information content (AvgIpc) is 4.23. The summed E-state index contributed by atoms with van der Waals surface area (Å²) in [6, 6.07) is 7.45. The maximum absolute atomic E-state index is 13.9. The number of methoxy groups -OCH3 is 2. The molecule has 7 aliphatic rings. The van der Waals surface area contributed by atoms with E-state index in [-0.39, 0.29) is 40.4 Å². The van der Waals surface area contributed by atoms with Crippen LogP contribution in [-0.4, -0.2) is 108 Å². The first kappa shape index (κ1) is 47.0. The van der Waals surface area contributed by atoms with Crippen LogP contribution in [0.15, 0.2) is 52.0 Å². The summed E-state index contributed by atoms with van der Waals surface area (Å²) in [6.45, 7) is 8.49. The van der Waals surface area contributed by atoms with Crippen LogP contribution in [0.25, 0.3) is 33.6 Å². The van der Waals surface area contributed by atoms with Crippen LogP contribution in [-0.2, 0) is 29.1 Å². The highest BCUT2D eigenvalue weighted by molar-refractivity contribution is 7.90. The maximum Gasteiger partial charge on any atom is 0.407 e. The minimum Gasteiger partial charge on any atom is -0.453 e. The third-order valence-electron chi connectivity index (χ3n) is 16.6. The van der Waals surface area contributed by atoms with Gasteiger partial charge in [0, 0.05) is 36.0 Å². The lowest BCUT2D eigenvalue weighted by molar-refractivity contribution is -0.135. The van der Waals surface area contributed by atoms with Gasteiger partial charge in [0.2, 0.25) is 11.8 Å². The molecule has 71 heavy (non-hydrogen) atoms. The van der Waals surface area contributed by atoms with Crippen molar-refractivity contribution in [1.82, 2.24) is 35.4 Å². The van der Waals surface area contributed by atoms with E-state index in [9.17, 15) is 27.6 Å². The molecule has 8 unspecified atom stereocenters. The third-order valence-corrected chi connectivity index (χ3v) is 18.0. The molecule has 18 heteroatoms. The van der Waals surface area contributed by atoms with Crippen molar-refractivity contribution in [2.24, 2.45) is 16.2 Å². The highest BCUT2D eigenvalue weighted by atomic mass is 32.2. The summed E-state index contributed by atoms with van der Waals surface area (Å²) in [6.07, 6.45) is 12.1. The van der Waals surface area contributed by atoms with E-state index in [1.165, 1.54) is 47.6 Å². The number of hydrogen-bond donors (Lipinski definition) is 4. The molecule has 5 heterocycles. The molecule has 4 aromatic rings. The van der Waals surface area contributed by atoms with Gasteiger partial charge in [-0.05, 0) is 140 Å². The second-order valence-corrected chi connectivity index (χ2v) is 22.9. The van der Waals surface area contributed by atoms with Gasteiger partial charge in [0.25, 0.3) is 10.0 Å². The molecule has 2 saturated heterocycles. The fourth-order valence-electron chi connectivity index (χ4n) is 13.3. The van der Waals surface area contributed by atoms with Crippen LogP contribution in [0.2, 0.25) is 0 Å². The number of fused-ring (bicyclic) bond motifs is 11. The molecule has 4 N–H and O–H groups in total. The smallest absolute Gasteiger partial charge is 0.407 e. The number of carbonyl (C=O) groups excluding carboxylic acids is 4. The summed E-state index contributed by atoms with van der Waals surface area (Å²) in [5.41, 5.74) is 12.0. The molecule has 0 spiro atoms. The number of amides is 4. The SMILES string of the molecule is COC(=O)NC(C(=O)N1CCCC1C1=NS(=O)(=O)c2ccc(-c3ncc(-c4ccc(-c5cnc(C6CCCN6C(=O)C(NC(=O)OC)C(C)C)[nH]5)c5c4C4CCC5C4)c4c3C3CCC4C3)cc2N1)C(C)C. The number of nitrogens with one attached hydrogen (secondary N) is 4. The molecule has 2 saturated carbocycles. The van der Waals surface area contributed by atoms with E-state index in [0.29, 0.717) is 55.3 Å². The number of carbonyl (C=O) groups is 4. The second kappa shape index (κ2) is 18.1. The van der Waals surface area contributed by atoms with Crippen LogP contribution < -0.4 is 16.0 Å². The van der Waals surface area contributed by atoms with Gasteiger partial charge in [0.1, 0.15) is 28.6 Å². The highest BCUT2D eigenvalue weighted by Crippen LogP contribution is 2.62. The van der Waals surface area contributed by atoms with Crippen molar-refractivity contribution < 1.29 is 37.1 Å². The van der Waals surface area contributed by atoms with Crippen LogP contribution in [0.1, 0.15) is 150 Å². The number of hydrogen-bond acceptors (Lipinski definition) is 11. The first-order chi connectivity index (χ1) is 34.1. The van der Waals surface area contributed by atoms with Gasteiger partial charge in [0.15, 0.2) is 0 Å². The van der Waals surface area contributed by atoms with Crippen LogP contribution >= 0.6 is 0 Å². The molecule has 3 aliphatic heterocycles. The van der Waals surface area contributed by atoms with Gasteiger partial charge < -0.3 is 40.2 Å². The van der Waals surface area contributed by atoms with Gasteiger partial charge in [0.05, 0.1) is 49.6 Å². The van der Waals surface area contributed by atoms with Crippen molar-refractivity contribution in [2.75, 3.05) is 32.6 Å². The predicted molar refractivity (Wildman–Crippen MR) is 266 cm³/mol. The number of sulfonamides is 1. The molecule has 17 nitrogen and oxygen atoms in total. The predicted octanol–water partition coefficient (Wildman–Crippen LogP) is 8.46. The summed E-state index contributed by atoms with van der Waals surface area (Å²) < 4.78 is 41.6. The van der Waals surface area contributed by atoms with Gasteiger partial charge in [-0.3, -0.25) is 14.6 Å². The van der Waals surface area contributed by atoms with Crippen molar-refractivity contribution in [3.05, 3.63) is 70.8 Å². The normalized spacial score (nSPS) is 25.1. The second-order valence-electron chi connectivity index (χ2n) is 21.3. The van der Waals surface area contributed by atoms with Gasteiger partial charge in [-0.25, -0.2) is 14.6 Å². The van der Waals surface area contributed by atoms with Gasteiger partial charge >= 0.3 is 12.2 Å². The third kappa shape index (κ3) is 7.95. The number of alkyl carbamates (subject to hydrolysis) is 2. The Balaban J connectivity index is 0.907. The molecule has 8 atom stereocenters. The van der Waals surface area contributed by atoms with Crippen molar-refractivity contribution in [3.63, 3.8) is 0 Å². The molecule has 0 radical (unpaired) electrons. The largest absolute Gasteiger partial charge is 0.453 e. The number of amidine groups is 1. The zero-order valence-electron chi connectivity index (χ0n) is 41.2. The molecule has 4 bridgehead atoms. The topological polar surface area (TPSA) is 217 Å². The lowest BCUT2D eigenvalue weighted by Crippen LogP contribution is -2.54. The molecule has 2 aromatic carbocycles. The molecule has 4 aliphatic carbocycles. The van der Waals surface area contributed by atoms with Crippen molar-refractivity contribution in [3.8, 4) is 33.6 Å². The van der Waals surface area contributed by atoms with Gasteiger partial charge in [-0.1, -0.05) is 45.9 Å². The number of ether oxygens (including phenoxy) is 2. The Kier molecular flexibility index (Phi) is 12.0. The number of aromatic nitrogens is 3. The fourth-order valence-corrected chi connectivity index (χ4v) is 14.5. The molecule has 2 aromatic heterocycles. The number of likely N-dealkylation sites (tertiary alicyclic amines) is 2. The molecule has 374 valence electrons. The molecular formula is C53H63N9O8S. The van der Waals surface area contributed by atoms with E-state index in [4.69, 9.17) is 19.4 Å². The summed E-state index contributed by atoms with van der Waals surface area (Å²) in [5, 5.41) is 8.75. The Morgan fingerprint density at radius 3 is 1.83 bits per heavy atom. The highest BCUT2D eigenvalue weighted by Gasteiger charge is 2.46. The van der Waals surface area contributed by atoms with Crippen molar-refractivity contribution in [1.29, 1.82) is 0 Å². The number of pyridine rings is 1. The Bertz CT molecular complexity index is 3000. The number of imidazole rings is 1. The maximum atomic E-state index is 13.9. The first-order valence-corrected chi connectivity index (χ1v) is 26.9. The Morgan fingerprint density at radius 1 is 0.676 bits per heavy atom. The number of anilines is 1. The van der Waals surface area contributed by atoms with E-state index in [1.54, 1.807) is 11.0 Å². The van der Waals surface area contributed by atoms with Gasteiger partial charge in [-0.15, -0.1) is 4.40 Å². The minimum atomic E-state index is -4.11. The molecule has 4 fully saturated rings. The summed E-state index contributed by atoms with van der Waals surface area (Å²) >= 11 is 0. The number of nitrogens with zero attached hydrogens (tertiary/aromatic N) is 5. The Morgan fingerprint density at radius 2 is 1.23 bits per heavy atom. The van der Waals surface area contributed by atoms with Crippen molar-refractivity contribution in [2.45, 2.75) is 145 Å².